The van der Waals surface area contributed by atoms with E-state index in [1.54, 1.807) is 31.4 Å². The SMILES string of the molecule is COc1ccc(COC(=O)C2=C(COC(N)=O)CSC3N2C(=O)[C@]3(CC(=O)Cc2cccs2)OC)cc1. The van der Waals surface area contributed by atoms with Crippen LogP contribution in [0.25, 0.3) is 0 Å². The van der Waals surface area contributed by atoms with Crippen LogP contribution in [0.1, 0.15) is 16.9 Å². The highest BCUT2D eigenvalue weighted by Gasteiger charge is 2.66. The van der Waals surface area contributed by atoms with E-state index in [1.165, 1.54) is 35.1 Å². The van der Waals surface area contributed by atoms with Crippen LogP contribution in [-0.4, -0.2) is 66.2 Å². The normalized spacial score (nSPS) is 20.6. The van der Waals surface area contributed by atoms with Crippen molar-refractivity contribution < 1.29 is 38.1 Å². The summed E-state index contributed by atoms with van der Waals surface area (Å²) >= 11 is 2.78. The first kappa shape index (κ1) is 26.7. The predicted octanol–water partition coefficient (Wildman–Crippen LogP) is 2.65. The molecule has 1 unspecified atom stereocenters. The highest BCUT2D eigenvalue weighted by atomic mass is 32.2. The number of β-lactam (4-membered cyclic amide) rings is 1. The molecule has 1 aromatic heterocycles. The van der Waals surface area contributed by atoms with Gasteiger partial charge in [-0.15, -0.1) is 23.1 Å². The van der Waals surface area contributed by atoms with E-state index >= 15 is 0 Å². The third kappa shape index (κ3) is 5.50. The summed E-state index contributed by atoms with van der Waals surface area (Å²) in [7, 11) is 2.93. The quantitative estimate of drug-likeness (QED) is 0.333. The van der Waals surface area contributed by atoms with Crippen LogP contribution in [-0.2, 0) is 41.6 Å². The van der Waals surface area contributed by atoms with Gasteiger partial charge in [-0.3, -0.25) is 14.5 Å². The number of Topliss-reactive ketones (excluding diaryl/α,β-unsaturated/α-hetero) is 1. The molecule has 10 nitrogen and oxygen atoms in total. The van der Waals surface area contributed by atoms with Crippen molar-refractivity contribution >= 4 is 46.9 Å². The second kappa shape index (κ2) is 11.4. The number of thioether (sulfide) groups is 1. The number of fused-ring (bicyclic) bond motifs is 1. The first-order valence-corrected chi connectivity index (χ1v) is 13.2. The summed E-state index contributed by atoms with van der Waals surface area (Å²) in [5, 5.41) is 1.25. The number of benzene rings is 1. The number of ketones is 1. The molecular weight excluding hydrogens is 520 g/mol. The van der Waals surface area contributed by atoms with Crippen LogP contribution in [0.4, 0.5) is 4.79 Å². The van der Waals surface area contributed by atoms with E-state index in [0.29, 0.717) is 16.9 Å². The number of esters is 1. The molecule has 0 spiro atoms. The topological polar surface area (TPSA) is 134 Å². The lowest BCUT2D eigenvalue weighted by Crippen LogP contribution is -2.75. The van der Waals surface area contributed by atoms with E-state index in [0.717, 1.165) is 4.88 Å². The van der Waals surface area contributed by atoms with Crippen molar-refractivity contribution in [1.29, 1.82) is 0 Å². The molecule has 2 aliphatic rings. The molecule has 3 heterocycles. The molecule has 2 amide bonds. The molecule has 2 aromatic rings. The third-order valence-electron chi connectivity index (χ3n) is 6.09. The molecule has 12 heteroatoms. The van der Waals surface area contributed by atoms with Crippen molar-refractivity contribution in [1.82, 2.24) is 4.90 Å². The summed E-state index contributed by atoms with van der Waals surface area (Å²) in [5.74, 6) is -0.523. The van der Waals surface area contributed by atoms with E-state index in [2.05, 4.69) is 0 Å². The Morgan fingerprint density at radius 3 is 2.49 bits per heavy atom. The molecule has 0 radical (unpaired) electrons. The Morgan fingerprint density at radius 1 is 1.11 bits per heavy atom. The summed E-state index contributed by atoms with van der Waals surface area (Å²) in [6.45, 7) is -0.325. The lowest BCUT2D eigenvalue weighted by molar-refractivity contribution is -0.187. The van der Waals surface area contributed by atoms with Crippen LogP contribution < -0.4 is 10.5 Å². The fourth-order valence-electron chi connectivity index (χ4n) is 4.24. The molecule has 1 saturated heterocycles. The minimum absolute atomic E-state index is 0.0260. The van der Waals surface area contributed by atoms with E-state index in [-0.39, 0.29) is 43.3 Å². The zero-order valence-corrected chi connectivity index (χ0v) is 21.9. The monoisotopic (exact) mass is 546 g/mol. The van der Waals surface area contributed by atoms with Crippen LogP contribution in [0.5, 0.6) is 5.75 Å². The molecule has 2 N–H and O–H groups in total. The molecule has 196 valence electrons. The molecule has 1 aromatic carbocycles. The van der Waals surface area contributed by atoms with Gasteiger partial charge in [0.1, 0.15) is 35.8 Å². The second-order valence-electron chi connectivity index (χ2n) is 8.39. The van der Waals surface area contributed by atoms with Crippen molar-refractivity contribution in [2.24, 2.45) is 5.73 Å². The molecule has 0 aliphatic carbocycles. The van der Waals surface area contributed by atoms with Gasteiger partial charge in [0.25, 0.3) is 5.91 Å². The van der Waals surface area contributed by atoms with Gasteiger partial charge in [-0.05, 0) is 29.1 Å². The van der Waals surface area contributed by atoms with Gasteiger partial charge < -0.3 is 24.7 Å². The number of primary amides is 1. The van der Waals surface area contributed by atoms with E-state index in [4.69, 9.17) is 24.7 Å². The third-order valence-corrected chi connectivity index (χ3v) is 8.39. The molecule has 0 saturated carbocycles. The molecule has 37 heavy (non-hydrogen) atoms. The highest BCUT2D eigenvalue weighted by Crippen LogP contribution is 2.50. The van der Waals surface area contributed by atoms with Crippen molar-refractivity contribution in [3.05, 3.63) is 63.5 Å². The first-order chi connectivity index (χ1) is 17.8. The van der Waals surface area contributed by atoms with Crippen molar-refractivity contribution in [2.45, 2.75) is 30.4 Å². The largest absolute Gasteiger partial charge is 0.497 e. The number of nitrogens with zero attached hydrogens (tertiary/aromatic N) is 1. The number of rotatable bonds is 11. The fraction of sp³-hybridized carbons (Fsp3) is 0.360. The molecule has 0 bridgehead atoms. The highest BCUT2D eigenvalue weighted by molar-refractivity contribution is 8.00. The number of amides is 2. The standard InChI is InChI=1S/C25H26N2O8S2/c1-32-18-7-5-15(6-8-18)12-34-21(29)20-16(13-35-24(26)31)14-37-23-25(33-2,22(30)27(20)23)11-17(28)10-19-4-3-9-36-19/h3-9,23H,10-14H2,1-2H3,(H2,26,31)/t23?,25-/m0/s1. The minimum Gasteiger partial charge on any atom is -0.497 e. The summed E-state index contributed by atoms with van der Waals surface area (Å²) in [5.41, 5.74) is 4.77. The molecule has 2 aliphatic heterocycles. The maximum atomic E-state index is 13.5. The average Bonchev–Trinajstić information content (AvgIpc) is 3.41. The van der Waals surface area contributed by atoms with Crippen molar-refractivity contribution in [3.8, 4) is 5.75 Å². The number of ether oxygens (including phenoxy) is 4. The molecule has 1 fully saturated rings. The first-order valence-electron chi connectivity index (χ1n) is 11.3. The van der Waals surface area contributed by atoms with E-state index in [1.807, 2.05) is 17.5 Å². The lowest BCUT2D eigenvalue weighted by atomic mass is 9.84. The van der Waals surface area contributed by atoms with Gasteiger partial charge in [-0.1, -0.05) is 18.2 Å². The summed E-state index contributed by atoms with van der Waals surface area (Å²) in [6.07, 6.45) is -0.945. The Kier molecular flexibility index (Phi) is 8.20. The number of thiophene rings is 1. The molecule has 2 atom stereocenters. The lowest BCUT2D eigenvalue weighted by Gasteiger charge is -2.56. The molecular formula is C25H26N2O8S2. The zero-order valence-electron chi connectivity index (χ0n) is 20.3. The number of hydrogen-bond acceptors (Lipinski definition) is 10. The predicted molar refractivity (Wildman–Crippen MR) is 136 cm³/mol. The van der Waals surface area contributed by atoms with Gasteiger partial charge in [0.15, 0.2) is 5.60 Å². The van der Waals surface area contributed by atoms with Crippen LogP contribution in [0.15, 0.2) is 53.0 Å². The zero-order chi connectivity index (χ0) is 26.6. The summed E-state index contributed by atoms with van der Waals surface area (Å²) in [6, 6.07) is 10.7. The Balaban J connectivity index is 1.54. The fourth-order valence-corrected chi connectivity index (χ4v) is 6.45. The van der Waals surface area contributed by atoms with Crippen LogP contribution >= 0.6 is 23.1 Å². The second-order valence-corrected chi connectivity index (χ2v) is 10.5. The number of carbonyl (C=O) groups excluding carboxylic acids is 4. The van der Waals surface area contributed by atoms with Crippen LogP contribution in [0.2, 0.25) is 0 Å². The van der Waals surface area contributed by atoms with Crippen molar-refractivity contribution in [2.75, 3.05) is 26.6 Å². The Hall–Kier alpha value is -3.35. The maximum absolute atomic E-state index is 13.5. The maximum Gasteiger partial charge on any atom is 0.404 e. The number of carbonyl (C=O) groups is 4. The summed E-state index contributed by atoms with van der Waals surface area (Å²) in [4.78, 5) is 52.9. The number of nitrogens with two attached hydrogens (primary N) is 1. The van der Waals surface area contributed by atoms with Crippen LogP contribution in [0.3, 0.4) is 0 Å². The molecule has 4 rings (SSSR count). The Labute approximate surface area is 221 Å². The summed E-state index contributed by atoms with van der Waals surface area (Å²) < 4.78 is 21.2. The van der Waals surface area contributed by atoms with Crippen molar-refractivity contribution in [3.63, 3.8) is 0 Å². The van der Waals surface area contributed by atoms with Gasteiger partial charge in [0.2, 0.25) is 0 Å². The van der Waals surface area contributed by atoms with Gasteiger partial charge in [0.05, 0.1) is 7.11 Å². The smallest absolute Gasteiger partial charge is 0.404 e. The average molecular weight is 547 g/mol. The Morgan fingerprint density at radius 2 is 1.86 bits per heavy atom. The number of hydrogen-bond donors (Lipinski definition) is 1. The van der Waals surface area contributed by atoms with E-state index < -0.39 is 28.9 Å². The van der Waals surface area contributed by atoms with Gasteiger partial charge in [0, 0.05) is 36.2 Å². The Bertz CT molecular complexity index is 1210. The van der Waals surface area contributed by atoms with Gasteiger partial charge in [-0.2, -0.15) is 0 Å². The van der Waals surface area contributed by atoms with Crippen LogP contribution in [0, 0.1) is 0 Å². The van der Waals surface area contributed by atoms with Gasteiger partial charge >= 0.3 is 12.1 Å². The number of methoxy groups -OCH3 is 2. The van der Waals surface area contributed by atoms with E-state index in [9.17, 15) is 19.2 Å². The van der Waals surface area contributed by atoms with Gasteiger partial charge in [-0.25, -0.2) is 9.59 Å². The minimum atomic E-state index is -1.41.